The van der Waals surface area contributed by atoms with E-state index in [9.17, 15) is 4.79 Å². The van der Waals surface area contributed by atoms with Crippen LogP contribution >= 0.6 is 0 Å². The molecule has 2 heterocycles. The number of rotatable bonds is 8. The molecule has 118 valence electrons. The van der Waals surface area contributed by atoms with Gasteiger partial charge in [-0.15, -0.1) is 0 Å². The largest absolute Gasteiger partial charge is 0.468 e. The Morgan fingerprint density at radius 3 is 2.86 bits per heavy atom. The van der Waals surface area contributed by atoms with Crippen LogP contribution in [0.4, 0.5) is 0 Å². The summed E-state index contributed by atoms with van der Waals surface area (Å²) in [4.78, 5) is 14.4. The Morgan fingerprint density at radius 1 is 1.48 bits per heavy atom. The topological polar surface area (TPSA) is 71.5 Å². The summed E-state index contributed by atoms with van der Waals surface area (Å²) in [6.07, 6.45) is 6.42. The lowest BCUT2D eigenvalue weighted by molar-refractivity contribution is -0.121. The molecule has 0 saturated carbocycles. The Bertz CT molecular complexity index is 413. The van der Waals surface area contributed by atoms with Gasteiger partial charge in [0.15, 0.2) is 0 Å². The second-order valence-corrected chi connectivity index (χ2v) is 5.83. The van der Waals surface area contributed by atoms with Crippen molar-refractivity contribution in [2.24, 2.45) is 5.73 Å². The molecular formula is C16H27N3O2. The first-order valence-corrected chi connectivity index (χ1v) is 8.00. The van der Waals surface area contributed by atoms with Gasteiger partial charge in [-0.25, -0.2) is 0 Å². The molecule has 0 spiro atoms. The Kier molecular flexibility index (Phi) is 6.26. The van der Waals surface area contributed by atoms with Crippen LogP contribution in [0.1, 0.15) is 50.8 Å². The monoisotopic (exact) mass is 293 g/mol. The lowest BCUT2D eigenvalue weighted by atomic mass is 10.1. The molecule has 1 fully saturated rings. The molecule has 5 heteroatoms. The van der Waals surface area contributed by atoms with E-state index >= 15 is 0 Å². The van der Waals surface area contributed by atoms with Crippen LogP contribution < -0.4 is 11.1 Å². The molecule has 0 aliphatic carbocycles. The Labute approximate surface area is 126 Å². The SMILES string of the molecule is CCCC(N)CC(=O)NCC(c1ccco1)N1CCCC1. The molecule has 2 rings (SSSR count). The average molecular weight is 293 g/mol. The molecule has 2 atom stereocenters. The minimum Gasteiger partial charge on any atom is -0.468 e. The lowest BCUT2D eigenvalue weighted by Crippen LogP contribution is -2.38. The van der Waals surface area contributed by atoms with Crippen molar-refractivity contribution in [2.75, 3.05) is 19.6 Å². The highest BCUT2D eigenvalue weighted by molar-refractivity contribution is 5.76. The van der Waals surface area contributed by atoms with E-state index in [1.165, 1.54) is 12.8 Å². The third kappa shape index (κ3) is 4.86. The van der Waals surface area contributed by atoms with Crippen LogP contribution in [0.25, 0.3) is 0 Å². The highest BCUT2D eigenvalue weighted by Crippen LogP contribution is 2.24. The van der Waals surface area contributed by atoms with Crippen LogP contribution in [0.5, 0.6) is 0 Å². The zero-order chi connectivity index (χ0) is 15.1. The molecule has 5 nitrogen and oxygen atoms in total. The Balaban J connectivity index is 1.86. The summed E-state index contributed by atoms with van der Waals surface area (Å²) >= 11 is 0. The molecule has 21 heavy (non-hydrogen) atoms. The second kappa shape index (κ2) is 8.20. The molecule has 1 aliphatic heterocycles. The van der Waals surface area contributed by atoms with Gasteiger partial charge in [-0.1, -0.05) is 13.3 Å². The fourth-order valence-electron chi connectivity index (χ4n) is 2.94. The van der Waals surface area contributed by atoms with Gasteiger partial charge >= 0.3 is 0 Å². The third-order valence-electron chi connectivity index (χ3n) is 4.05. The van der Waals surface area contributed by atoms with Crippen molar-refractivity contribution in [2.45, 2.75) is 51.1 Å². The Hall–Kier alpha value is -1.33. The highest BCUT2D eigenvalue weighted by atomic mass is 16.3. The number of likely N-dealkylation sites (tertiary alicyclic amines) is 1. The van der Waals surface area contributed by atoms with E-state index in [-0.39, 0.29) is 18.0 Å². The zero-order valence-electron chi connectivity index (χ0n) is 12.9. The molecule has 0 radical (unpaired) electrons. The van der Waals surface area contributed by atoms with Crippen molar-refractivity contribution in [3.05, 3.63) is 24.2 Å². The van der Waals surface area contributed by atoms with Gasteiger partial charge in [0.25, 0.3) is 0 Å². The van der Waals surface area contributed by atoms with E-state index in [4.69, 9.17) is 10.2 Å². The molecular weight excluding hydrogens is 266 g/mol. The number of nitrogens with zero attached hydrogens (tertiary/aromatic N) is 1. The van der Waals surface area contributed by atoms with Gasteiger partial charge < -0.3 is 15.5 Å². The first-order valence-electron chi connectivity index (χ1n) is 8.00. The summed E-state index contributed by atoms with van der Waals surface area (Å²) in [5.74, 6) is 0.960. The first-order chi connectivity index (χ1) is 10.2. The molecule has 1 aromatic rings. The molecule has 1 amide bonds. The van der Waals surface area contributed by atoms with Crippen molar-refractivity contribution < 1.29 is 9.21 Å². The summed E-state index contributed by atoms with van der Waals surface area (Å²) in [5, 5.41) is 3.02. The van der Waals surface area contributed by atoms with Crippen LogP contribution in [0, 0.1) is 0 Å². The molecule has 1 aliphatic rings. The number of hydrogen-bond donors (Lipinski definition) is 2. The van der Waals surface area contributed by atoms with E-state index in [0.29, 0.717) is 13.0 Å². The van der Waals surface area contributed by atoms with Crippen molar-refractivity contribution in [3.63, 3.8) is 0 Å². The smallest absolute Gasteiger partial charge is 0.221 e. The number of hydrogen-bond acceptors (Lipinski definition) is 4. The quantitative estimate of drug-likeness (QED) is 0.769. The normalized spacial score (nSPS) is 18.6. The third-order valence-corrected chi connectivity index (χ3v) is 4.05. The maximum atomic E-state index is 12.0. The standard InChI is InChI=1S/C16H27N3O2/c1-2-6-13(17)11-16(20)18-12-14(15-7-5-10-21-15)19-8-3-4-9-19/h5,7,10,13-14H,2-4,6,8-9,11-12,17H2,1H3,(H,18,20). The van der Waals surface area contributed by atoms with Crippen molar-refractivity contribution in [3.8, 4) is 0 Å². The highest BCUT2D eigenvalue weighted by Gasteiger charge is 2.26. The van der Waals surface area contributed by atoms with E-state index in [0.717, 1.165) is 31.7 Å². The molecule has 0 bridgehead atoms. The van der Waals surface area contributed by atoms with E-state index in [1.807, 2.05) is 12.1 Å². The van der Waals surface area contributed by atoms with E-state index < -0.39 is 0 Å². The van der Waals surface area contributed by atoms with Crippen molar-refractivity contribution >= 4 is 5.91 Å². The maximum Gasteiger partial charge on any atom is 0.221 e. The number of furan rings is 1. The number of amides is 1. The number of carbonyl (C=O) groups excluding carboxylic acids is 1. The van der Waals surface area contributed by atoms with E-state index in [1.54, 1.807) is 6.26 Å². The fraction of sp³-hybridized carbons (Fsp3) is 0.688. The van der Waals surface area contributed by atoms with Crippen LogP contribution in [0.2, 0.25) is 0 Å². The van der Waals surface area contributed by atoms with E-state index in [2.05, 4.69) is 17.1 Å². The molecule has 3 N–H and O–H groups in total. The van der Waals surface area contributed by atoms with Gasteiger partial charge in [-0.3, -0.25) is 9.69 Å². The maximum absolute atomic E-state index is 12.0. The molecule has 0 aromatic carbocycles. The predicted octanol–water partition coefficient (Wildman–Crippen LogP) is 2.05. The molecule has 1 aromatic heterocycles. The van der Waals surface area contributed by atoms with Crippen molar-refractivity contribution in [1.29, 1.82) is 0 Å². The summed E-state index contributed by atoms with van der Waals surface area (Å²) < 4.78 is 5.54. The second-order valence-electron chi connectivity index (χ2n) is 5.83. The van der Waals surface area contributed by atoms with Crippen LogP contribution in [0.3, 0.4) is 0 Å². The van der Waals surface area contributed by atoms with Gasteiger partial charge in [0.2, 0.25) is 5.91 Å². The van der Waals surface area contributed by atoms with Crippen LogP contribution in [-0.4, -0.2) is 36.5 Å². The average Bonchev–Trinajstić information content (AvgIpc) is 3.12. The summed E-state index contributed by atoms with van der Waals surface area (Å²) in [7, 11) is 0. The zero-order valence-corrected chi connectivity index (χ0v) is 12.9. The van der Waals surface area contributed by atoms with Crippen LogP contribution in [-0.2, 0) is 4.79 Å². The van der Waals surface area contributed by atoms with Gasteiger partial charge in [0.1, 0.15) is 5.76 Å². The fourth-order valence-corrected chi connectivity index (χ4v) is 2.94. The number of nitrogens with two attached hydrogens (primary N) is 1. The van der Waals surface area contributed by atoms with Crippen molar-refractivity contribution in [1.82, 2.24) is 10.2 Å². The van der Waals surface area contributed by atoms with Gasteiger partial charge in [0.05, 0.1) is 12.3 Å². The summed E-state index contributed by atoms with van der Waals surface area (Å²) in [6.45, 7) is 4.80. The number of nitrogens with one attached hydrogen (secondary N) is 1. The molecule has 2 unspecified atom stereocenters. The molecule has 1 saturated heterocycles. The van der Waals surface area contributed by atoms with Gasteiger partial charge in [-0.2, -0.15) is 0 Å². The predicted molar refractivity (Wildman–Crippen MR) is 82.8 cm³/mol. The summed E-state index contributed by atoms with van der Waals surface area (Å²) in [5.41, 5.74) is 5.92. The Morgan fingerprint density at radius 2 is 2.24 bits per heavy atom. The lowest BCUT2D eigenvalue weighted by Gasteiger charge is -2.26. The first kappa shape index (κ1) is 16.0. The minimum absolute atomic E-state index is 0.0340. The van der Waals surface area contributed by atoms with Gasteiger partial charge in [0, 0.05) is 19.0 Å². The summed E-state index contributed by atoms with van der Waals surface area (Å²) in [6, 6.07) is 3.98. The minimum atomic E-state index is -0.0381. The van der Waals surface area contributed by atoms with Gasteiger partial charge in [-0.05, 0) is 44.5 Å². The number of carbonyl (C=O) groups is 1. The van der Waals surface area contributed by atoms with Crippen LogP contribution in [0.15, 0.2) is 22.8 Å².